The maximum Gasteiger partial charge on any atom is 0.303 e. The van der Waals surface area contributed by atoms with Gasteiger partial charge in [0.25, 0.3) is 0 Å². The van der Waals surface area contributed by atoms with Crippen molar-refractivity contribution < 1.29 is 15.0 Å². The summed E-state index contributed by atoms with van der Waals surface area (Å²) in [5.74, 6) is -0.301. The first kappa shape index (κ1) is 7.54. The van der Waals surface area contributed by atoms with Crippen LogP contribution in [-0.4, -0.2) is 22.8 Å². The van der Waals surface area contributed by atoms with Gasteiger partial charge < -0.3 is 10.2 Å². The molecule has 1 fully saturated rings. The van der Waals surface area contributed by atoms with Crippen LogP contribution in [0.2, 0.25) is 0 Å². The van der Waals surface area contributed by atoms with E-state index in [0.717, 1.165) is 12.8 Å². The predicted molar refractivity (Wildman–Crippen MR) is 35.6 cm³/mol. The number of carbonyl (C=O) groups is 1. The van der Waals surface area contributed by atoms with Crippen LogP contribution in [0, 0.1) is 11.8 Å². The van der Waals surface area contributed by atoms with Gasteiger partial charge in [-0.2, -0.15) is 0 Å². The average Bonchev–Trinajstić information content (AvgIpc) is 2.63. The standard InChI is InChI=1S/C7H12O3/c8-4-6(3-7(9)10)5-1-2-5/h5-6,8H,1-4H2,(H,9,10). The van der Waals surface area contributed by atoms with E-state index in [2.05, 4.69) is 0 Å². The normalized spacial score (nSPS) is 20.5. The van der Waals surface area contributed by atoms with E-state index in [0.29, 0.717) is 5.92 Å². The van der Waals surface area contributed by atoms with Gasteiger partial charge in [-0.15, -0.1) is 0 Å². The van der Waals surface area contributed by atoms with Crippen LogP contribution in [-0.2, 0) is 4.79 Å². The third kappa shape index (κ3) is 1.99. The molecule has 1 atom stereocenters. The Labute approximate surface area is 59.7 Å². The van der Waals surface area contributed by atoms with Gasteiger partial charge in [-0.1, -0.05) is 0 Å². The minimum absolute atomic E-state index is 0.0116. The molecular weight excluding hydrogens is 132 g/mol. The fraction of sp³-hybridized carbons (Fsp3) is 0.857. The highest BCUT2D eigenvalue weighted by Gasteiger charge is 2.31. The molecule has 0 aromatic carbocycles. The van der Waals surface area contributed by atoms with Crippen molar-refractivity contribution >= 4 is 5.97 Å². The molecule has 3 heteroatoms. The number of hydrogen-bond acceptors (Lipinski definition) is 2. The van der Waals surface area contributed by atoms with Crippen molar-refractivity contribution in [2.24, 2.45) is 11.8 Å². The largest absolute Gasteiger partial charge is 0.481 e. The second kappa shape index (κ2) is 3.01. The molecule has 1 unspecified atom stereocenters. The maximum absolute atomic E-state index is 10.2. The molecule has 58 valence electrons. The van der Waals surface area contributed by atoms with Crippen molar-refractivity contribution in [3.05, 3.63) is 0 Å². The van der Waals surface area contributed by atoms with Gasteiger partial charge in [0, 0.05) is 6.61 Å². The van der Waals surface area contributed by atoms with Crippen LogP contribution < -0.4 is 0 Å². The zero-order valence-corrected chi connectivity index (χ0v) is 5.79. The van der Waals surface area contributed by atoms with Crippen LogP contribution in [0.5, 0.6) is 0 Å². The fourth-order valence-electron chi connectivity index (χ4n) is 1.17. The molecule has 0 heterocycles. The van der Waals surface area contributed by atoms with E-state index in [9.17, 15) is 4.79 Å². The Hall–Kier alpha value is -0.570. The number of aliphatic carboxylic acids is 1. The summed E-state index contributed by atoms with van der Waals surface area (Å²) in [6.07, 6.45) is 2.32. The molecule has 0 bridgehead atoms. The van der Waals surface area contributed by atoms with E-state index in [1.54, 1.807) is 0 Å². The molecule has 0 aromatic heterocycles. The lowest BCUT2D eigenvalue weighted by molar-refractivity contribution is -0.138. The van der Waals surface area contributed by atoms with E-state index in [1.807, 2.05) is 0 Å². The maximum atomic E-state index is 10.2. The first-order valence-corrected chi connectivity index (χ1v) is 3.56. The third-order valence-corrected chi connectivity index (χ3v) is 1.96. The van der Waals surface area contributed by atoms with Gasteiger partial charge in [0.05, 0.1) is 6.42 Å². The Balaban J connectivity index is 2.25. The molecule has 0 aromatic rings. The zero-order chi connectivity index (χ0) is 7.56. The van der Waals surface area contributed by atoms with Crippen molar-refractivity contribution in [2.45, 2.75) is 19.3 Å². The average molecular weight is 144 g/mol. The monoisotopic (exact) mass is 144 g/mol. The molecular formula is C7H12O3. The minimum Gasteiger partial charge on any atom is -0.481 e. The van der Waals surface area contributed by atoms with Crippen LogP contribution in [0.4, 0.5) is 0 Å². The fourth-order valence-corrected chi connectivity index (χ4v) is 1.17. The number of rotatable bonds is 4. The SMILES string of the molecule is O=C(O)CC(CO)C1CC1. The summed E-state index contributed by atoms with van der Waals surface area (Å²) in [5.41, 5.74) is 0. The van der Waals surface area contributed by atoms with E-state index >= 15 is 0 Å². The molecule has 2 N–H and O–H groups in total. The summed E-state index contributed by atoms with van der Waals surface area (Å²) in [6.45, 7) is 0.0248. The lowest BCUT2D eigenvalue weighted by Gasteiger charge is -2.07. The number of aliphatic hydroxyl groups excluding tert-OH is 1. The van der Waals surface area contributed by atoms with Gasteiger partial charge >= 0.3 is 5.97 Å². The van der Waals surface area contributed by atoms with Crippen molar-refractivity contribution in [2.75, 3.05) is 6.61 Å². The van der Waals surface area contributed by atoms with Crippen molar-refractivity contribution in [3.8, 4) is 0 Å². The highest BCUT2D eigenvalue weighted by Crippen LogP contribution is 2.38. The molecule has 3 nitrogen and oxygen atoms in total. The molecule has 1 aliphatic rings. The molecule has 1 aliphatic carbocycles. The smallest absolute Gasteiger partial charge is 0.303 e. The van der Waals surface area contributed by atoms with E-state index in [4.69, 9.17) is 10.2 Å². The number of aliphatic hydroxyl groups is 1. The molecule has 1 rings (SSSR count). The van der Waals surface area contributed by atoms with Gasteiger partial charge in [-0.25, -0.2) is 0 Å². The van der Waals surface area contributed by atoms with Gasteiger partial charge in [0.15, 0.2) is 0 Å². The molecule has 10 heavy (non-hydrogen) atoms. The molecule has 0 saturated heterocycles. The summed E-state index contributed by atoms with van der Waals surface area (Å²) in [6, 6.07) is 0. The van der Waals surface area contributed by atoms with Crippen molar-refractivity contribution in [1.82, 2.24) is 0 Å². The zero-order valence-electron chi connectivity index (χ0n) is 5.79. The summed E-state index contributed by atoms with van der Waals surface area (Å²) in [7, 11) is 0. The van der Waals surface area contributed by atoms with Crippen molar-refractivity contribution in [3.63, 3.8) is 0 Å². The highest BCUT2D eigenvalue weighted by molar-refractivity contribution is 5.67. The molecule has 1 saturated carbocycles. The number of hydrogen-bond donors (Lipinski definition) is 2. The number of carboxylic acid groups (broad SMARTS) is 1. The van der Waals surface area contributed by atoms with Crippen LogP contribution in [0.25, 0.3) is 0 Å². The topological polar surface area (TPSA) is 57.5 Å². The summed E-state index contributed by atoms with van der Waals surface area (Å²) in [4.78, 5) is 10.2. The van der Waals surface area contributed by atoms with Gasteiger partial charge in [-0.05, 0) is 24.7 Å². The van der Waals surface area contributed by atoms with Crippen LogP contribution in [0.1, 0.15) is 19.3 Å². The molecule has 0 radical (unpaired) electrons. The van der Waals surface area contributed by atoms with E-state index in [-0.39, 0.29) is 18.9 Å². The first-order valence-electron chi connectivity index (χ1n) is 3.56. The van der Waals surface area contributed by atoms with Crippen molar-refractivity contribution in [1.29, 1.82) is 0 Å². The van der Waals surface area contributed by atoms with Crippen LogP contribution >= 0.6 is 0 Å². The highest BCUT2D eigenvalue weighted by atomic mass is 16.4. The Kier molecular flexibility index (Phi) is 2.27. The van der Waals surface area contributed by atoms with Crippen LogP contribution in [0.15, 0.2) is 0 Å². The van der Waals surface area contributed by atoms with Gasteiger partial charge in [-0.3, -0.25) is 4.79 Å². The number of carboxylic acids is 1. The first-order chi connectivity index (χ1) is 4.74. The van der Waals surface area contributed by atoms with Crippen LogP contribution in [0.3, 0.4) is 0 Å². The second-order valence-corrected chi connectivity index (χ2v) is 2.88. The van der Waals surface area contributed by atoms with E-state index < -0.39 is 5.97 Å². The quantitative estimate of drug-likeness (QED) is 0.603. The lowest BCUT2D eigenvalue weighted by Crippen LogP contribution is -2.13. The summed E-state index contributed by atoms with van der Waals surface area (Å²) in [5, 5.41) is 17.1. The molecule has 0 spiro atoms. The van der Waals surface area contributed by atoms with Gasteiger partial charge in [0.2, 0.25) is 0 Å². The predicted octanol–water partition coefficient (Wildman–Crippen LogP) is 0.480. The lowest BCUT2D eigenvalue weighted by atomic mass is 10.0. The third-order valence-electron chi connectivity index (χ3n) is 1.96. The Morgan fingerprint density at radius 2 is 2.20 bits per heavy atom. The second-order valence-electron chi connectivity index (χ2n) is 2.88. The Bertz CT molecular complexity index is 129. The minimum atomic E-state index is -0.800. The Morgan fingerprint density at radius 3 is 2.50 bits per heavy atom. The molecule has 0 aliphatic heterocycles. The van der Waals surface area contributed by atoms with E-state index in [1.165, 1.54) is 0 Å². The summed E-state index contributed by atoms with van der Waals surface area (Å²) < 4.78 is 0. The summed E-state index contributed by atoms with van der Waals surface area (Å²) >= 11 is 0. The molecule has 0 amide bonds. The Morgan fingerprint density at radius 1 is 1.60 bits per heavy atom. The van der Waals surface area contributed by atoms with Gasteiger partial charge in [0.1, 0.15) is 0 Å².